The molecule has 2 radical (unpaired) electrons. The van der Waals surface area contributed by atoms with E-state index in [2.05, 4.69) is 21.2 Å². The van der Waals surface area contributed by atoms with Crippen molar-refractivity contribution in [3.63, 3.8) is 0 Å². The fourth-order valence-electron chi connectivity index (χ4n) is 1.12. The van der Waals surface area contributed by atoms with E-state index in [1.165, 1.54) is 0 Å². The maximum atomic E-state index is 4.28. The van der Waals surface area contributed by atoms with Gasteiger partial charge in [-0.05, 0) is 12.4 Å². The Hall–Kier alpha value is 0.698. The molecule has 0 amide bonds. The number of hydrogen-bond acceptors (Lipinski definition) is 3. The van der Waals surface area contributed by atoms with Crippen molar-refractivity contribution in [1.82, 2.24) is 15.2 Å². The van der Waals surface area contributed by atoms with Crippen molar-refractivity contribution in [3.05, 3.63) is 29.6 Å². The second-order valence-electron chi connectivity index (χ2n) is 2.73. The third kappa shape index (κ3) is 3.09. The zero-order valence-corrected chi connectivity index (χ0v) is 13.8. The van der Waals surface area contributed by atoms with E-state index in [-0.39, 0.29) is 65.4 Å². The van der Waals surface area contributed by atoms with Crippen LogP contribution in [0.4, 0.5) is 0 Å². The summed E-state index contributed by atoms with van der Waals surface area (Å²) in [5.41, 5.74) is 2.81. The van der Waals surface area contributed by atoms with Gasteiger partial charge in [0, 0.05) is 70.9 Å². The summed E-state index contributed by atoms with van der Waals surface area (Å²) in [5.74, 6) is 0.705. The molecule has 1 heterocycles. The molecule has 0 unspecified atom stereocenters. The van der Waals surface area contributed by atoms with Gasteiger partial charge in [-0.2, -0.15) is 12.1 Å². The molecule has 0 aliphatic rings. The minimum atomic E-state index is 0. The first kappa shape index (κ1) is 14.7. The zero-order valence-electron chi connectivity index (χ0n) is 8.15. The Balaban J connectivity index is 0.000000845. The Kier molecular flexibility index (Phi) is 6.63. The van der Waals surface area contributed by atoms with Gasteiger partial charge in [-0.25, -0.2) is 5.10 Å². The van der Waals surface area contributed by atoms with Crippen LogP contribution in [-0.4, -0.2) is 15.2 Å². The van der Waals surface area contributed by atoms with Gasteiger partial charge in [0.05, 0.1) is 0 Å². The van der Waals surface area contributed by atoms with Gasteiger partial charge < -0.3 is 0 Å². The van der Waals surface area contributed by atoms with Gasteiger partial charge >= 0.3 is 0 Å². The number of nitrogens with zero attached hydrogens (tertiary/aromatic N) is 3. The second-order valence-corrected chi connectivity index (χ2v) is 2.73. The maximum Gasteiger partial charge on any atom is 0.144 e. The molecule has 0 aliphatic heterocycles. The second kappa shape index (κ2) is 6.32. The molecule has 0 saturated heterocycles. The Morgan fingerprint density at radius 1 is 1.07 bits per heavy atom. The Morgan fingerprint density at radius 3 is 2.50 bits per heavy atom. The van der Waals surface area contributed by atoms with Gasteiger partial charge in [-0.15, -0.1) is 16.7 Å². The molecule has 0 bridgehead atoms. The van der Waals surface area contributed by atoms with E-state index in [0.717, 1.165) is 16.6 Å². The molecule has 14 heavy (non-hydrogen) atoms. The van der Waals surface area contributed by atoms with Crippen LogP contribution in [0.5, 0.6) is 0 Å². The van der Waals surface area contributed by atoms with Crippen LogP contribution < -0.4 is 0 Å². The minimum absolute atomic E-state index is 0. The van der Waals surface area contributed by atoms with Gasteiger partial charge in [0.25, 0.3) is 0 Å². The standard InChI is InChI=1S/C9H8N3.2Y/c1-6-4-3-5-8-9(6)10-7(2)11-12-8;;/h4-5H,1-2H3;;/q-1;;. The van der Waals surface area contributed by atoms with Crippen LogP contribution in [-0.2, 0) is 65.4 Å². The molecular weight excluding hydrogens is 328 g/mol. The summed E-state index contributed by atoms with van der Waals surface area (Å²) in [6.07, 6.45) is 0. The first-order valence-electron chi connectivity index (χ1n) is 3.75. The summed E-state index contributed by atoms with van der Waals surface area (Å²) in [5, 5.41) is 7.87. The molecular formula is C9H8N3Y2-. The summed E-state index contributed by atoms with van der Waals surface area (Å²) in [7, 11) is 0. The predicted molar refractivity (Wildman–Crippen MR) is 45.6 cm³/mol. The van der Waals surface area contributed by atoms with E-state index >= 15 is 0 Å². The summed E-state index contributed by atoms with van der Waals surface area (Å²) in [6, 6.07) is 6.67. The van der Waals surface area contributed by atoms with Crippen LogP contribution in [0.3, 0.4) is 0 Å². The van der Waals surface area contributed by atoms with Gasteiger partial charge in [-0.3, -0.25) is 4.98 Å². The van der Waals surface area contributed by atoms with Crippen molar-refractivity contribution < 1.29 is 65.4 Å². The van der Waals surface area contributed by atoms with Gasteiger partial charge in [0.2, 0.25) is 0 Å². The Labute approximate surface area is 133 Å². The van der Waals surface area contributed by atoms with Crippen molar-refractivity contribution in [2.75, 3.05) is 0 Å². The number of aryl methyl sites for hydroxylation is 2. The number of rotatable bonds is 0. The molecule has 66 valence electrons. The van der Waals surface area contributed by atoms with Gasteiger partial charge in [0.1, 0.15) is 5.82 Å². The van der Waals surface area contributed by atoms with Crippen LogP contribution in [0, 0.1) is 19.9 Å². The molecule has 0 aliphatic carbocycles. The number of aromatic nitrogens is 3. The molecule has 1 aromatic heterocycles. The van der Waals surface area contributed by atoms with Crippen molar-refractivity contribution in [2.45, 2.75) is 13.8 Å². The number of benzene rings is 1. The molecule has 0 atom stereocenters. The SMILES string of the molecule is Cc1nnc2c[c-]cc(C)c2n1.[Y].[Y]. The molecule has 3 nitrogen and oxygen atoms in total. The molecule has 5 heteroatoms. The first-order chi connectivity index (χ1) is 5.77. The minimum Gasteiger partial charge on any atom is -0.256 e. The van der Waals surface area contributed by atoms with Crippen LogP contribution in [0.25, 0.3) is 11.0 Å². The van der Waals surface area contributed by atoms with Crippen molar-refractivity contribution in [1.29, 1.82) is 0 Å². The third-order valence-electron chi connectivity index (χ3n) is 1.71. The number of hydrogen-bond donors (Lipinski definition) is 0. The molecule has 2 rings (SSSR count). The van der Waals surface area contributed by atoms with E-state index in [9.17, 15) is 0 Å². The third-order valence-corrected chi connectivity index (χ3v) is 1.71. The van der Waals surface area contributed by atoms with E-state index < -0.39 is 0 Å². The average Bonchev–Trinajstić information content (AvgIpc) is 2.07. The largest absolute Gasteiger partial charge is 0.256 e. The molecule has 0 N–H and O–H groups in total. The molecule has 2 aromatic rings. The van der Waals surface area contributed by atoms with Gasteiger partial charge in [-0.1, -0.05) is 6.92 Å². The summed E-state index contributed by atoms with van der Waals surface area (Å²) < 4.78 is 0. The van der Waals surface area contributed by atoms with Crippen LogP contribution in [0.2, 0.25) is 0 Å². The first-order valence-corrected chi connectivity index (χ1v) is 3.75. The average molecular weight is 336 g/mol. The quantitative estimate of drug-likeness (QED) is 0.684. The molecule has 0 saturated carbocycles. The van der Waals surface area contributed by atoms with Crippen molar-refractivity contribution in [2.24, 2.45) is 0 Å². The fourth-order valence-corrected chi connectivity index (χ4v) is 1.12. The van der Waals surface area contributed by atoms with Crippen molar-refractivity contribution in [3.8, 4) is 0 Å². The summed E-state index contributed by atoms with van der Waals surface area (Å²) in [6.45, 7) is 3.83. The van der Waals surface area contributed by atoms with Crippen LogP contribution >= 0.6 is 0 Å². The van der Waals surface area contributed by atoms with E-state index in [1.807, 2.05) is 19.9 Å². The normalized spacial score (nSPS) is 9.00. The predicted octanol–water partition coefficient (Wildman–Crippen LogP) is 1.44. The molecule has 0 fully saturated rings. The Bertz CT molecular complexity index is 431. The number of fused-ring (bicyclic) bond motifs is 1. The Morgan fingerprint density at radius 2 is 1.79 bits per heavy atom. The van der Waals surface area contributed by atoms with Crippen LogP contribution in [0.1, 0.15) is 11.4 Å². The van der Waals surface area contributed by atoms with Crippen molar-refractivity contribution >= 4 is 11.0 Å². The topological polar surface area (TPSA) is 38.7 Å². The smallest absolute Gasteiger partial charge is 0.144 e. The summed E-state index contributed by atoms with van der Waals surface area (Å²) >= 11 is 0. The van der Waals surface area contributed by atoms with Gasteiger partial charge in [0.15, 0.2) is 0 Å². The monoisotopic (exact) mass is 336 g/mol. The summed E-state index contributed by atoms with van der Waals surface area (Å²) in [4.78, 5) is 4.28. The van der Waals surface area contributed by atoms with E-state index in [1.54, 1.807) is 6.07 Å². The maximum absolute atomic E-state index is 4.28. The fraction of sp³-hybridized carbons (Fsp3) is 0.222. The molecule has 1 aromatic carbocycles. The zero-order chi connectivity index (χ0) is 8.55. The van der Waals surface area contributed by atoms with Crippen LogP contribution in [0.15, 0.2) is 12.1 Å². The van der Waals surface area contributed by atoms with E-state index in [0.29, 0.717) is 5.82 Å². The molecule has 0 spiro atoms. The van der Waals surface area contributed by atoms with E-state index in [4.69, 9.17) is 0 Å².